The first-order valence-corrected chi connectivity index (χ1v) is 13.6. The van der Waals surface area contributed by atoms with E-state index in [-0.39, 0.29) is 0 Å². The van der Waals surface area contributed by atoms with Crippen molar-refractivity contribution in [2.45, 2.75) is 32.1 Å². The number of hydrogen-bond donors (Lipinski definition) is 0. The summed E-state index contributed by atoms with van der Waals surface area (Å²) in [5.41, 5.74) is 3.35. The number of anilines is 1. The first-order chi connectivity index (χ1) is 17.7. The highest BCUT2D eigenvalue weighted by atomic mass is 35.5. The number of aromatic nitrogens is 4. The molecule has 6 rings (SSSR count). The van der Waals surface area contributed by atoms with E-state index in [0.717, 1.165) is 66.2 Å². The number of imidazole rings is 1. The lowest BCUT2D eigenvalue weighted by atomic mass is 9.89. The molecular weight excluding hydrogens is 491 g/mol. The molecule has 0 unspecified atom stereocenters. The number of piperazine rings is 1. The van der Waals surface area contributed by atoms with Crippen LogP contribution in [0.4, 0.5) is 5.82 Å². The Morgan fingerprint density at radius 1 is 0.833 bits per heavy atom. The van der Waals surface area contributed by atoms with Crippen LogP contribution in [0.5, 0.6) is 0 Å². The molecule has 0 atom stereocenters. The molecule has 1 saturated carbocycles. The first kappa shape index (κ1) is 23.7. The fraction of sp³-hybridized carbons (Fsp3) is 0.393. The third-order valence-electron chi connectivity index (χ3n) is 7.54. The monoisotopic (exact) mass is 520 g/mol. The van der Waals surface area contributed by atoms with E-state index in [1.54, 1.807) is 6.33 Å². The van der Waals surface area contributed by atoms with E-state index in [2.05, 4.69) is 19.4 Å². The van der Waals surface area contributed by atoms with Crippen molar-refractivity contribution in [2.75, 3.05) is 37.6 Å². The quantitative estimate of drug-likeness (QED) is 0.301. The Morgan fingerprint density at radius 3 is 2.33 bits per heavy atom. The Balaban J connectivity index is 1.35. The zero-order chi connectivity index (χ0) is 24.5. The molecule has 1 aliphatic heterocycles. The highest BCUT2D eigenvalue weighted by Crippen LogP contribution is 2.35. The molecule has 0 N–H and O–H groups in total. The summed E-state index contributed by atoms with van der Waals surface area (Å²) >= 11 is 12.8. The van der Waals surface area contributed by atoms with Gasteiger partial charge < -0.3 is 4.90 Å². The van der Waals surface area contributed by atoms with Gasteiger partial charge in [-0.3, -0.25) is 9.47 Å². The number of nitrogens with zero attached hydrogens (tertiary/aromatic N) is 6. The normalized spacial score (nSPS) is 17.7. The summed E-state index contributed by atoms with van der Waals surface area (Å²) in [6, 6.07) is 15.5. The Morgan fingerprint density at radius 2 is 1.58 bits per heavy atom. The molecule has 2 aromatic carbocycles. The van der Waals surface area contributed by atoms with Crippen LogP contribution in [0.15, 0.2) is 54.9 Å². The second-order valence-electron chi connectivity index (χ2n) is 9.89. The SMILES string of the molecule is Clc1ccc(-n2c(-c3ccccc3Cl)nc3c(N4CCN(CC5CCCCC5)CC4)ncnc32)cc1. The van der Waals surface area contributed by atoms with E-state index >= 15 is 0 Å². The average molecular weight is 521 g/mol. The highest BCUT2D eigenvalue weighted by molar-refractivity contribution is 6.33. The van der Waals surface area contributed by atoms with Crippen molar-refractivity contribution in [3.8, 4) is 17.1 Å². The van der Waals surface area contributed by atoms with Crippen LogP contribution in [0.1, 0.15) is 32.1 Å². The second-order valence-corrected chi connectivity index (χ2v) is 10.7. The van der Waals surface area contributed by atoms with E-state index < -0.39 is 0 Å². The maximum Gasteiger partial charge on any atom is 0.170 e. The van der Waals surface area contributed by atoms with Gasteiger partial charge in [-0.15, -0.1) is 0 Å². The summed E-state index contributed by atoms with van der Waals surface area (Å²) in [5.74, 6) is 2.50. The van der Waals surface area contributed by atoms with Crippen molar-refractivity contribution < 1.29 is 0 Å². The minimum Gasteiger partial charge on any atom is -0.352 e. The first-order valence-electron chi connectivity index (χ1n) is 12.9. The minimum atomic E-state index is 0.647. The molecule has 0 amide bonds. The summed E-state index contributed by atoms with van der Waals surface area (Å²) in [5, 5.41) is 1.33. The standard InChI is InChI=1S/C28H30Cl2N6/c29-21-10-12-22(13-11-21)36-26(23-8-4-5-9-24(23)30)33-25-27(31-19-32-28(25)36)35-16-14-34(15-17-35)18-20-6-2-1-3-7-20/h4-5,8-13,19-20H,1-3,6-7,14-18H2. The Labute approximate surface area is 221 Å². The van der Waals surface area contributed by atoms with Crippen molar-refractivity contribution in [3.05, 3.63) is 64.9 Å². The molecule has 4 aromatic rings. The van der Waals surface area contributed by atoms with Gasteiger partial charge in [0.05, 0.1) is 5.02 Å². The molecule has 8 heteroatoms. The van der Waals surface area contributed by atoms with Gasteiger partial charge in [0.15, 0.2) is 17.0 Å². The summed E-state index contributed by atoms with van der Waals surface area (Å²) in [6.45, 7) is 5.21. The van der Waals surface area contributed by atoms with Crippen molar-refractivity contribution in [2.24, 2.45) is 5.92 Å². The summed E-state index contributed by atoms with van der Waals surface area (Å²) < 4.78 is 2.05. The van der Waals surface area contributed by atoms with E-state index in [1.165, 1.54) is 38.6 Å². The maximum atomic E-state index is 6.63. The number of benzene rings is 2. The van der Waals surface area contributed by atoms with Gasteiger partial charge in [-0.2, -0.15) is 0 Å². The lowest BCUT2D eigenvalue weighted by Gasteiger charge is -2.37. The van der Waals surface area contributed by atoms with Gasteiger partial charge in [0.2, 0.25) is 0 Å². The summed E-state index contributed by atoms with van der Waals surface area (Å²) in [7, 11) is 0. The van der Waals surface area contributed by atoms with Crippen LogP contribution in [0.25, 0.3) is 28.2 Å². The molecule has 0 spiro atoms. The Hall–Kier alpha value is -2.67. The van der Waals surface area contributed by atoms with Gasteiger partial charge in [-0.05, 0) is 55.2 Å². The van der Waals surface area contributed by atoms with Crippen LogP contribution in [0.3, 0.4) is 0 Å². The Kier molecular flexibility index (Phi) is 6.83. The van der Waals surface area contributed by atoms with Gasteiger partial charge >= 0.3 is 0 Å². The zero-order valence-corrected chi connectivity index (χ0v) is 21.8. The largest absolute Gasteiger partial charge is 0.352 e. The van der Waals surface area contributed by atoms with Crippen molar-refractivity contribution in [3.63, 3.8) is 0 Å². The minimum absolute atomic E-state index is 0.647. The van der Waals surface area contributed by atoms with Crippen LogP contribution >= 0.6 is 23.2 Å². The lowest BCUT2D eigenvalue weighted by molar-refractivity contribution is 0.192. The van der Waals surface area contributed by atoms with E-state index in [0.29, 0.717) is 10.0 Å². The average Bonchev–Trinajstić information content (AvgIpc) is 3.30. The molecule has 186 valence electrons. The molecule has 36 heavy (non-hydrogen) atoms. The van der Waals surface area contributed by atoms with Gasteiger partial charge in [0, 0.05) is 49.0 Å². The van der Waals surface area contributed by atoms with Gasteiger partial charge in [-0.25, -0.2) is 15.0 Å². The van der Waals surface area contributed by atoms with Crippen LogP contribution in [-0.2, 0) is 0 Å². The molecule has 1 aliphatic carbocycles. The number of hydrogen-bond acceptors (Lipinski definition) is 5. The fourth-order valence-corrected chi connectivity index (χ4v) is 5.99. The number of rotatable bonds is 5. The summed E-state index contributed by atoms with van der Waals surface area (Å²) in [6.07, 6.45) is 8.63. The van der Waals surface area contributed by atoms with E-state index in [4.69, 9.17) is 33.2 Å². The van der Waals surface area contributed by atoms with Crippen molar-refractivity contribution in [1.82, 2.24) is 24.4 Å². The second kappa shape index (κ2) is 10.4. The topological polar surface area (TPSA) is 50.1 Å². The molecule has 6 nitrogen and oxygen atoms in total. The van der Waals surface area contributed by atoms with Crippen LogP contribution < -0.4 is 4.90 Å². The molecule has 2 aromatic heterocycles. The predicted octanol–water partition coefficient (Wildman–Crippen LogP) is 6.49. The van der Waals surface area contributed by atoms with Crippen molar-refractivity contribution >= 4 is 40.2 Å². The predicted molar refractivity (Wildman–Crippen MR) is 147 cm³/mol. The third-order valence-corrected chi connectivity index (χ3v) is 8.12. The van der Waals surface area contributed by atoms with E-state index in [9.17, 15) is 0 Å². The molecule has 2 aliphatic rings. The van der Waals surface area contributed by atoms with Crippen LogP contribution in [-0.4, -0.2) is 57.1 Å². The highest BCUT2D eigenvalue weighted by Gasteiger charge is 2.26. The van der Waals surface area contributed by atoms with Gasteiger partial charge in [0.25, 0.3) is 0 Å². The Bertz CT molecular complexity index is 1340. The molecule has 0 radical (unpaired) electrons. The maximum absolute atomic E-state index is 6.63. The van der Waals surface area contributed by atoms with Crippen LogP contribution in [0, 0.1) is 5.92 Å². The van der Waals surface area contributed by atoms with Crippen LogP contribution in [0.2, 0.25) is 10.0 Å². The smallest absolute Gasteiger partial charge is 0.170 e. The molecular formula is C28H30Cl2N6. The van der Waals surface area contributed by atoms with E-state index in [1.807, 2.05) is 48.5 Å². The number of halogens is 2. The molecule has 1 saturated heterocycles. The fourth-order valence-electron chi connectivity index (χ4n) is 5.65. The van der Waals surface area contributed by atoms with Gasteiger partial charge in [-0.1, -0.05) is 54.6 Å². The molecule has 0 bridgehead atoms. The zero-order valence-electron chi connectivity index (χ0n) is 20.3. The lowest BCUT2D eigenvalue weighted by Crippen LogP contribution is -2.48. The molecule has 3 heterocycles. The summed E-state index contributed by atoms with van der Waals surface area (Å²) in [4.78, 5) is 19.5. The molecule has 2 fully saturated rings. The van der Waals surface area contributed by atoms with Gasteiger partial charge in [0.1, 0.15) is 12.2 Å². The third kappa shape index (κ3) is 4.70. The number of fused-ring (bicyclic) bond motifs is 1. The van der Waals surface area contributed by atoms with Crippen molar-refractivity contribution in [1.29, 1.82) is 0 Å².